The number of piperidine rings is 1. The molecule has 2 aromatic carbocycles. The van der Waals surface area contributed by atoms with Crippen LogP contribution in [0.25, 0.3) is 11.1 Å². The monoisotopic (exact) mass is 467 g/mol. The molecule has 0 amide bonds. The number of methoxy groups -OCH3 is 2. The zero-order valence-electron chi connectivity index (χ0n) is 20.3. The van der Waals surface area contributed by atoms with Crippen molar-refractivity contribution in [3.63, 3.8) is 0 Å². The summed E-state index contributed by atoms with van der Waals surface area (Å²) in [7, 11) is 3.05. The van der Waals surface area contributed by atoms with Crippen molar-refractivity contribution in [3.05, 3.63) is 47.9 Å². The third-order valence-corrected chi connectivity index (χ3v) is 6.03. The predicted octanol–water partition coefficient (Wildman–Crippen LogP) is 4.73. The Morgan fingerprint density at radius 2 is 1.97 bits per heavy atom. The lowest BCUT2D eigenvalue weighted by molar-refractivity contribution is 0.0601. The van der Waals surface area contributed by atoms with Gasteiger partial charge in [-0.05, 0) is 48.6 Å². The number of hydrogen-bond donors (Lipinski definition) is 1. The average Bonchev–Trinajstić information content (AvgIpc) is 3.30. The summed E-state index contributed by atoms with van der Waals surface area (Å²) in [6.07, 6.45) is 3.31. The lowest BCUT2D eigenvalue weighted by Crippen LogP contribution is -2.38. The summed E-state index contributed by atoms with van der Waals surface area (Å²) in [5, 5.41) is 3.54. The zero-order valence-corrected chi connectivity index (χ0v) is 20.3. The molecular weight excluding hydrogens is 434 g/mol. The molecule has 1 saturated heterocycles. The Balaban J connectivity index is 1.38. The second-order valence-electron chi connectivity index (χ2n) is 9.09. The minimum absolute atomic E-state index is 0.254. The van der Waals surface area contributed by atoms with E-state index in [4.69, 9.17) is 18.6 Å². The topological polar surface area (TPSA) is 86.1 Å². The van der Waals surface area contributed by atoms with Crippen LogP contribution in [0.15, 0.2) is 41.1 Å². The molecule has 0 radical (unpaired) electrons. The summed E-state index contributed by atoms with van der Waals surface area (Å²) < 4.78 is 21.7. The Kier molecular flexibility index (Phi) is 7.57. The predicted molar refractivity (Wildman–Crippen MR) is 131 cm³/mol. The third-order valence-electron chi connectivity index (χ3n) is 6.03. The first-order chi connectivity index (χ1) is 16.5. The molecule has 8 nitrogen and oxygen atoms in total. The van der Waals surface area contributed by atoms with Gasteiger partial charge in [-0.25, -0.2) is 9.78 Å². The number of carbonyl (C=O) groups is 1. The van der Waals surface area contributed by atoms with Crippen LogP contribution in [0.5, 0.6) is 11.5 Å². The number of likely N-dealkylation sites (tertiary alicyclic amines) is 1. The molecule has 2 heterocycles. The van der Waals surface area contributed by atoms with Crippen molar-refractivity contribution in [1.82, 2.24) is 9.88 Å². The van der Waals surface area contributed by atoms with E-state index in [0.717, 1.165) is 49.7 Å². The Bertz CT molecular complexity index is 1120. The fourth-order valence-corrected chi connectivity index (χ4v) is 4.20. The normalized spacial score (nSPS) is 15.0. The molecule has 1 aromatic heterocycles. The van der Waals surface area contributed by atoms with Gasteiger partial charge in [0.25, 0.3) is 0 Å². The van der Waals surface area contributed by atoms with Crippen LogP contribution in [0.4, 0.5) is 5.69 Å². The summed E-state index contributed by atoms with van der Waals surface area (Å²) in [6, 6.07) is 9.96. The minimum Gasteiger partial charge on any atom is -0.493 e. The summed E-state index contributed by atoms with van der Waals surface area (Å²) in [5.74, 6) is 1.61. The van der Waals surface area contributed by atoms with Crippen molar-refractivity contribution in [1.29, 1.82) is 0 Å². The van der Waals surface area contributed by atoms with Gasteiger partial charge >= 0.3 is 5.97 Å². The molecule has 3 aromatic rings. The number of oxazole rings is 1. The SMILES string of the molecule is COC(=O)c1cc2ocnc2cc1NC1CCN(Cc2ccc(OC)c(OCC(C)C)c2)CC1. The van der Waals surface area contributed by atoms with E-state index < -0.39 is 5.97 Å². The van der Waals surface area contributed by atoms with Crippen LogP contribution in [0.2, 0.25) is 0 Å². The number of benzene rings is 2. The molecular formula is C26H33N3O5. The average molecular weight is 468 g/mol. The van der Waals surface area contributed by atoms with Crippen LogP contribution in [0, 0.1) is 5.92 Å². The molecule has 0 bridgehead atoms. The van der Waals surface area contributed by atoms with Gasteiger partial charge in [0.2, 0.25) is 0 Å². The van der Waals surface area contributed by atoms with Crippen molar-refractivity contribution >= 4 is 22.8 Å². The maximum atomic E-state index is 12.3. The fraction of sp³-hybridized carbons (Fsp3) is 0.462. The molecule has 0 aliphatic carbocycles. The van der Waals surface area contributed by atoms with Crippen molar-refractivity contribution in [2.24, 2.45) is 5.92 Å². The number of hydrogen-bond acceptors (Lipinski definition) is 8. The number of rotatable bonds is 9. The van der Waals surface area contributed by atoms with Gasteiger partial charge in [-0.1, -0.05) is 19.9 Å². The van der Waals surface area contributed by atoms with Crippen LogP contribution in [-0.2, 0) is 11.3 Å². The molecule has 0 saturated carbocycles. The Morgan fingerprint density at radius 1 is 1.18 bits per heavy atom. The van der Waals surface area contributed by atoms with Gasteiger partial charge in [-0.15, -0.1) is 0 Å². The van der Waals surface area contributed by atoms with Crippen molar-refractivity contribution in [2.75, 3.05) is 39.2 Å². The summed E-state index contributed by atoms with van der Waals surface area (Å²) in [5.41, 5.74) is 3.67. The lowest BCUT2D eigenvalue weighted by atomic mass is 10.0. The molecule has 0 unspecified atom stereocenters. The van der Waals surface area contributed by atoms with E-state index in [2.05, 4.69) is 41.2 Å². The van der Waals surface area contributed by atoms with E-state index in [1.54, 1.807) is 13.2 Å². The van der Waals surface area contributed by atoms with Crippen molar-refractivity contribution < 1.29 is 23.4 Å². The van der Waals surface area contributed by atoms with E-state index in [1.807, 2.05) is 12.1 Å². The second kappa shape index (κ2) is 10.8. The molecule has 34 heavy (non-hydrogen) atoms. The molecule has 1 aliphatic rings. The van der Waals surface area contributed by atoms with Crippen LogP contribution >= 0.6 is 0 Å². The highest BCUT2D eigenvalue weighted by molar-refractivity contribution is 5.99. The largest absolute Gasteiger partial charge is 0.493 e. The van der Waals surface area contributed by atoms with Gasteiger partial charge in [0.05, 0.1) is 32.1 Å². The number of ether oxygens (including phenoxy) is 3. The second-order valence-corrected chi connectivity index (χ2v) is 9.09. The highest BCUT2D eigenvalue weighted by Crippen LogP contribution is 2.30. The molecule has 0 spiro atoms. The first-order valence-corrected chi connectivity index (χ1v) is 11.7. The maximum absolute atomic E-state index is 12.3. The summed E-state index contributed by atoms with van der Waals surface area (Å²) in [4.78, 5) is 19.0. The number of nitrogens with one attached hydrogen (secondary N) is 1. The number of esters is 1. The van der Waals surface area contributed by atoms with Gasteiger partial charge in [-0.3, -0.25) is 4.90 Å². The quantitative estimate of drug-likeness (QED) is 0.452. The molecule has 1 N–H and O–H groups in total. The number of fused-ring (bicyclic) bond motifs is 1. The van der Waals surface area contributed by atoms with Gasteiger partial charge < -0.3 is 23.9 Å². The summed E-state index contributed by atoms with van der Waals surface area (Å²) in [6.45, 7) is 7.67. The van der Waals surface area contributed by atoms with Gasteiger partial charge in [0.1, 0.15) is 5.52 Å². The van der Waals surface area contributed by atoms with Crippen molar-refractivity contribution in [3.8, 4) is 11.5 Å². The fourth-order valence-electron chi connectivity index (χ4n) is 4.20. The molecule has 182 valence electrons. The van der Waals surface area contributed by atoms with Gasteiger partial charge in [0.15, 0.2) is 23.5 Å². The van der Waals surface area contributed by atoms with Gasteiger partial charge in [0, 0.05) is 25.7 Å². The summed E-state index contributed by atoms with van der Waals surface area (Å²) >= 11 is 0. The third kappa shape index (κ3) is 5.62. The molecule has 4 rings (SSSR count). The van der Waals surface area contributed by atoms with Gasteiger partial charge in [-0.2, -0.15) is 0 Å². The molecule has 1 aliphatic heterocycles. The van der Waals surface area contributed by atoms with Crippen LogP contribution in [-0.4, -0.2) is 55.8 Å². The first-order valence-electron chi connectivity index (χ1n) is 11.7. The van der Waals surface area contributed by atoms with Crippen LogP contribution in [0.3, 0.4) is 0 Å². The van der Waals surface area contributed by atoms with E-state index in [0.29, 0.717) is 29.2 Å². The number of carbonyl (C=O) groups excluding carboxylic acids is 1. The van der Waals surface area contributed by atoms with Crippen LogP contribution < -0.4 is 14.8 Å². The maximum Gasteiger partial charge on any atom is 0.340 e. The number of nitrogens with zero attached hydrogens (tertiary/aromatic N) is 2. The van der Waals surface area contributed by atoms with E-state index >= 15 is 0 Å². The zero-order chi connectivity index (χ0) is 24.1. The van der Waals surface area contributed by atoms with E-state index in [-0.39, 0.29) is 6.04 Å². The highest BCUT2D eigenvalue weighted by Gasteiger charge is 2.23. The first kappa shape index (κ1) is 23.9. The van der Waals surface area contributed by atoms with E-state index in [9.17, 15) is 4.79 Å². The highest BCUT2D eigenvalue weighted by atomic mass is 16.5. The molecule has 1 fully saturated rings. The lowest BCUT2D eigenvalue weighted by Gasteiger charge is -2.33. The number of anilines is 1. The van der Waals surface area contributed by atoms with Crippen LogP contribution in [0.1, 0.15) is 42.6 Å². The minimum atomic E-state index is -0.395. The molecule has 0 atom stereocenters. The Hall–Kier alpha value is -3.26. The smallest absolute Gasteiger partial charge is 0.340 e. The molecule has 8 heteroatoms. The Labute approximate surface area is 200 Å². The Morgan fingerprint density at radius 3 is 2.68 bits per heavy atom. The standard InChI is InChI=1S/C26H33N3O5/c1-17(2)15-33-25-11-18(5-6-23(25)31-3)14-29-9-7-19(8-10-29)28-21-13-22-24(34-16-27-22)12-20(21)26(30)32-4/h5-6,11-13,16-17,19,28H,7-10,14-15H2,1-4H3. The van der Waals surface area contributed by atoms with E-state index in [1.165, 1.54) is 19.1 Å². The van der Waals surface area contributed by atoms with Crippen molar-refractivity contribution in [2.45, 2.75) is 39.3 Å². The number of aromatic nitrogens is 1.